The lowest BCUT2D eigenvalue weighted by Crippen LogP contribution is -2.43. The second-order valence-corrected chi connectivity index (χ2v) is 8.33. The van der Waals surface area contributed by atoms with E-state index in [2.05, 4.69) is 48.7 Å². The van der Waals surface area contributed by atoms with E-state index in [1.54, 1.807) is 12.1 Å². The number of benzene rings is 2. The average molecular weight is 465 g/mol. The molecule has 2 rings (SSSR count). The van der Waals surface area contributed by atoms with E-state index in [9.17, 15) is 9.59 Å². The SMILES string of the molecule is COC(=O)[C@H](Cc1ccccc1I)NC(=O)c1ccc(C(C)(C)C)cc1. The van der Waals surface area contributed by atoms with Crippen LogP contribution < -0.4 is 5.32 Å². The van der Waals surface area contributed by atoms with Gasteiger partial charge in [0.25, 0.3) is 5.91 Å². The molecule has 1 atom stereocenters. The summed E-state index contributed by atoms with van der Waals surface area (Å²) in [6, 6.07) is 14.5. The van der Waals surface area contributed by atoms with Gasteiger partial charge in [-0.2, -0.15) is 0 Å². The number of carbonyl (C=O) groups excluding carboxylic acids is 2. The van der Waals surface area contributed by atoms with Crippen molar-refractivity contribution in [2.75, 3.05) is 7.11 Å². The highest BCUT2D eigenvalue weighted by atomic mass is 127. The number of methoxy groups -OCH3 is 1. The van der Waals surface area contributed by atoms with Gasteiger partial charge in [0.05, 0.1) is 7.11 Å². The molecular weight excluding hydrogens is 441 g/mol. The van der Waals surface area contributed by atoms with Crippen molar-refractivity contribution in [2.24, 2.45) is 0 Å². The summed E-state index contributed by atoms with van der Waals surface area (Å²) in [7, 11) is 1.33. The Hall–Kier alpha value is -1.89. The van der Waals surface area contributed by atoms with Crippen LogP contribution in [0, 0.1) is 3.57 Å². The van der Waals surface area contributed by atoms with Crippen LogP contribution in [0.3, 0.4) is 0 Å². The molecule has 26 heavy (non-hydrogen) atoms. The zero-order valence-corrected chi connectivity index (χ0v) is 17.7. The summed E-state index contributed by atoms with van der Waals surface area (Å²) in [6.45, 7) is 6.37. The molecule has 0 bridgehead atoms. The summed E-state index contributed by atoms with van der Waals surface area (Å²) >= 11 is 2.22. The van der Waals surface area contributed by atoms with Gasteiger partial charge in [-0.05, 0) is 57.3 Å². The van der Waals surface area contributed by atoms with Crippen molar-refractivity contribution in [3.8, 4) is 0 Å². The van der Waals surface area contributed by atoms with E-state index in [1.165, 1.54) is 7.11 Å². The third-order valence-electron chi connectivity index (χ3n) is 4.19. The molecule has 4 nitrogen and oxygen atoms in total. The Morgan fingerprint density at radius 3 is 2.23 bits per heavy atom. The predicted molar refractivity (Wildman–Crippen MR) is 111 cm³/mol. The second kappa shape index (κ2) is 8.66. The van der Waals surface area contributed by atoms with E-state index in [4.69, 9.17) is 4.74 Å². The fourth-order valence-corrected chi connectivity index (χ4v) is 3.19. The predicted octanol–water partition coefficient (Wildman–Crippen LogP) is 4.10. The lowest BCUT2D eigenvalue weighted by atomic mass is 9.86. The van der Waals surface area contributed by atoms with Crippen LogP contribution >= 0.6 is 22.6 Å². The van der Waals surface area contributed by atoms with E-state index in [-0.39, 0.29) is 11.3 Å². The number of amides is 1. The van der Waals surface area contributed by atoms with Crippen molar-refractivity contribution >= 4 is 34.5 Å². The number of hydrogen-bond acceptors (Lipinski definition) is 3. The van der Waals surface area contributed by atoms with Gasteiger partial charge in [0, 0.05) is 15.6 Å². The van der Waals surface area contributed by atoms with Gasteiger partial charge in [0.15, 0.2) is 0 Å². The van der Waals surface area contributed by atoms with Gasteiger partial charge in [-0.15, -0.1) is 0 Å². The fraction of sp³-hybridized carbons (Fsp3) is 0.333. The lowest BCUT2D eigenvalue weighted by Gasteiger charge is -2.20. The van der Waals surface area contributed by atoms with Crippen molar-refractivity contribution in [1.82, 2.24) is 5.32 Å². The van der Waals surface area contributed by atoms with Crippen molar-refractivity contribution < 1.29 is 14.3 Å². The number of hydrogen-bond donors (Lipinski definition) is 1. The number of nitrogens with one attached hydrogen (secondary N) is 1. The zero-order valence-electron chi connectivity index (χ0n) is 15.5. The fourth-order valence-electron chi connectivity index (χ4n) is 2.58. The largest absolute Gasteiger partial charge is 0.467 e. The topological polar surface area (TPSA) is 55.4 Å². The normalized spacial score (nSPS) is 12.3. The van der Waals surface area contributed by atoms with Crippen LogP contribution in [0.1, 0.15) is 42.3 Å². The Kier molecular flexibility index (Phi) is 6.81. The van der Waals surface area contributed by atoms with Crippen molar-refractivity contribution in [3.63, 3.8) is 0 Å². The standard InChI is InChI=1S/C21H24INO3/c1-21(2,3)16-11-9-14(10-12-16)19(24)23-18(20(25)26-4)13-15-7-5-6-8-17(15)22/h5-12,18H,13H2,1-4H3,(H,23,24)/t18-/m0/s1. The van der Waals surface area contributed by atoms with Crippen LogP contribution in [0.25, 0.3) is 0 Å². The van der Waals surface area contributed by atoms with Gasteiger partial charge in [0.2, 0.25) is 0 Å². The minimum atomic E-state index is -0.731. The van der Waals surface area contributed by atoms with Gasteiger partial charge >= 0.3 is 5.97 Å². The Morgan fingerprint density at radius 2 is 1.69 bits per heavy atom. The number of rotatable bonds is 5. The van der Waals surface area contributed by atoms with E-state index >= 15 is 0 Å². The molecular formula is C21H24INO3. The maximum absolute atomic E-state index is 12.6. The molecule has 138 valence electrons. The first-order valence-electron chi connectivity index (χ1n) is 8.45. The molecule has 0 unspecified atom stereocenters. The number of halogens is 1. The summed E-state index contributed by atoms with van der Waals surface area (Å²) in [5.74, 6) is -0.740. The molecule has 2 aromatic rings. The molecule has 0 aliphatic rings. The average Bonchev–Trinajstić information content (AvgIpc) is 2.61. The molecule has 1 amide bonds. The molecule has 5 heteroatoms. The first-order chi connectivity index (χ1) is 12.2. The van der Waals surface area contributed by atoms with Gasteiger partial charge in [-0.3, -0.25) is 4.79 Å². The molecule has 0 saturated carbocycles. The Labute approximate surface area is 168 Å². The molecule has 1 N–H and O–H groups in total. The van der Waals surface area contributed by atoms with Gasteiger partial charge in [-0.25, -0.2) is 4.79 Å². The highest BCUT2D eigenvalue weighted by Gasteiger charge is 2.23. The van der Waals surface area contributed by atoms with E-state index in [0.29, 0.717) is 12.0 Å². The highest BCUT2D eigenvalue weighted by Crippen LogP contribution is 2.22. The minimum Gasteiger partial charge on any atom is -0.467 e. The zero-order chi connectivity index (χ0) is 19.3. The van der Waals surface area contributed by atoms with Crippen LogP contribution in [-0.2, 0) is 21.4 Å². The summed E-state index contributed by atoms with van der Waals surface area (Å²) in [5, 5.41) is 2.80. The first kappa shape index (κ1) is 20.4. The Bertz CT molecular complexity index is 779. The maximum Gasteiger partial charge on any atom is 0.328 e. The Balaban J connectivity index is 2.16. The third kappa shape index (κ3) is 5.30. The van der Waals surface area contributed by atoms with Gasteiger partial charge in [-0.1, -0.05) is 51.1 Å². The third-order valence-corrected chi connectivity index (χ3v) is 5.24. The Morgan fingerprint density at radius 1 is 1.08 bits per heavy atom. The minimum absolute atomic E-state index is 0.0214. The number of ether oxygens (including phenoxy) is 1. The van der Waals surface area contributed by atoms with Crippen LogP contribution in [0.5, 0.6) is 0 Å². The quantitative estimate of drug-likeness (QED) is 0.535. The number of esters is 1. The van der Waals surface area contributed by atoms with E-state index in [1.807, 2.05) is 36.4 Å². The van der Waals surface area contributed by atoms with Crippen LogP contribution in [0.15, 0.2) is 48.5 Å². The smallest absolute Gasteiger partial charge is 0.328 e. The molecule has 0 spiro atoms. The van der Waals surface area contributed by atoms with E-state index in [0.717, 1.165) is 14.7 Å². The van der Waals surface area contributed by atoms with E-state index < -0.39 is 12.0 Å². The van der Waals surface area contributed by atoms with Crippen molar-refractivity contribution in [2.45, 2.75) is 38.6 Å². The molecule has 0 aliphatic heterocycles. The summed E-state index contributed by atoms with van der Waals surface area (Å²) in [4.78, 5) is 24.7. The second-order valence-electron chi connectivity index (χ2n) is 7.17. The molecule has 0 aromatic heterocycles. The monoisotopic (exact) mass is 465 g/mol. The molecule has 2 aromatic carbocycles. The highest BCUT2D eigenvalue weighted by molar-refractivity contribution is 14.1. The first-order valence-corrected chi connectivity index (χ1v) is 9.53. The molecule has 0 fully saturated rings. The summed E-state index contributed by atoms with van der Waals surface area (Å²) in [5.41, 5.74) is 2.69. The molecule has 0 heterocycles. The van der Waals surface area contributed by atoms with Crippen molar-refractivity contribution in [3.05, 3.63) is 68.8 Å². The van der Waals surface area contributed by atoms with Crippen molar-refractivity contribution in [1.29, 1.82) is 0 Å². The maximum atomic E-state index is 12.6. The summed E-state index contributed by atoms with van der Waals surface area (Å²) in [6.07, 6.45) is 0.387. The van der Waals surface area contributed by atoms with Gasteiger partial charge in [0.1, 0.15) is 6.04 Å². The number of carbonyl (C=O) groups is 2. The van der Waals surface area contributed by atoms with Gasteiger partial charge < -0.3 is 10.1 Å². The molecule has 0 saturated heterocycles. The van der Waals surface area contributed by atoms with Crippen LogP contribution in [0.4, 0.5) is 0 Å². The van der Waals surface area contributed by atoms with Crippen LogP contribution in [-0.4, -0.2) is 25.0 Å². The van der Waals surface area contributed by atoms with Crippen LogP contribution in [0.2, 0.25) is 0 Å². The summed E-state index contributed by atoms with van der Waals surface area (Å²) < 4.78 is 5.91. The lowest BCUT2D eigenvalue weighted by molar-refractivity contribution is -0.142. The molecule has 0 aliphatic carbocycles. The molecule has 0 radical (unpaired) electrons.